The van der Waals surface area contributed by atoms with Crippen LogP contribution in [0.2, 0.25) is 0 Å². The summed E-state index contributed by atoms with van der Waals surface area (Å²) in [6.07, 6.45) is 1.91. The van der Waals surface area contributed by atoms with Gasteiger partial charge in [-0.1, -0.05) is 44.2 Å². The molecule has 0 saturated carbocycles. The van der Waals surface area contributed by atoms with Crippen LogP contribution in [0.5, 0.6) is 0 Å². The second-order valence-electron chi connectivity index (χ2n) is 5.76. The summed E-state index contributed by atoms with van der Waals surface area (Å²) in [5, 5.41) is 3.52. The van der Waals surface area contributed by atoms with Crippen molar-refractivity contribution in [2.24, 2.45) is 5.92 Å². The van der Waals surface area contributed by atoms with Gasteiger partial charge in [0.15, 0.2) is 0 Å². The molecule has 0 spiro atoms. The first kappa shape index (κ1) is 13.8. The molecule has 0 bridgehead atoms. The van der Waals surface area contributed by atoms with Crippen molar-refractivity contribution in [3.05, 3.63) is 60.4 Å². The van der Waals surface area contributed by atoms with Crippen LogP contribution >= 0.6 is 0 Å². The van der Waals surface area contributed by atoms with Crippen LogP contribution in [0.3, 0.4) is 0 Å². The second-order valence-corrected chi connectivity index (χ2v) is 5.76. The Morgan fingerprint density at radius 3 is 2.67 bits per heavy atom. The van der Waals surface area contributed by atoms with Gasteiger partial charge in [-0.05, 0) is 36.2 Å². The summed E-state index contributed by atoms with van der Waals surface area (Å²) in [5.74, 6) is 0.659. The minimum Gasteiger partial charge on any atom is -0.312 e. The lowest BCUT2D eigenvalue weighted by Gasteiger charge is -2.13. The topological polar surface area (TPSA) is 29.9 Å². The van der Waals surface area contributed by atoms with Crippen LogP contribution in [0.1, 0.15) is 19.4 Å². The summed E-state index contributed by atoms with van der Waals surface area (Å²) in [5.41, 5.74) is 4.67. The van der Waals surface area contributed by atoms with Crippen LogP contribution in [-0.4, -0.2) is 16.1 Å². The van der Waals surface area contributed by atoms with Gasteiger partial charge in [0, 0.05) is 6.54 Å². The summed E-state index contributed by atoms with van der Waals surface area (Å²) in [6.45, 7) is 6.35. The zero-order valence-corrected chi connectivity index (χ0v) is 12.6. The van der Waals surface area contributed by atoms with E-state index >= 15 is 0 Å². The highest BCUT2D eigenvalue weighted by Crippen LogP contribution is 2.20. The zero-order chi connectivity index (χ0) is 14.7. The van der Waals surface area contributed by atoms with Crippen LogP contribution in [-0.2, 0) is 6.54 Å². The Labute approximate surface area is 125 Å². The fraction of sp³-hybridized carbons (Fsp3) is 0.278. The zero-order valence-electron chi connectivity index (χ0n) is 12.6. The van der Waals surface area contributed by atoms with Crippen molar-refractivity contribution in [1.29, 1.82) is 0 Å². The standard InChI is InChI=1S/C18H21N3/c1-14(2)11-19-12-15-7-3-5-9-17(15)21-13-20-16-8-4-6-10-18(16)21/h3-10,13-14,19H,11-12H2,1-2H3. The molecule has 21 heavy (non-hydrogen) atoms. The molecule has 0 aliphatic rings. The number of nitrogens with one attached hydrogen (secondary N) is 1. The lowest BCUT2D eigenvalue weighted by atomic mass is 10.1. The van der Waals surface area contributed by atoms with Gasteiger partial charge in [-0.3, -0.25) is 4.57 Å². The molecular weight excluding hydrogens is 258 g/mol. The highest BCUT2D eigenvalue weighted by atomic mass is 15.1. The van der Waals surface area contributed by atoms with Gasteiger partial charge >= 0.3 is 0 Å². The van der Waals surface area contributed by atoms with Gasteiger partial charge in [-0.2, -0.15) is 0 Å². The first-order valence-corrected chi connectivity index (χ1v) is 7.47. The Morgan fingerprint density at radius 2 is 1.81 bits per heavy atom. The van der Waals surface area contributed by atoms with Gasteiger partial charge in [0.05, 0.1) is 16.7 Å². The van der Waals surface area contributed by atoms with Crippen LogP contribution in [0.25, 0.3) is 16.7 Å². The Balaban J connectivity index is 1.95. The van der Waals surface area contributed by atoms with Crippen molar-refractivity contribution in [2.75, 3.05) is 6.54 Å². The minimum atomic E-state index is 0.659. The molecule has 3 rings (SSSR count). The molecule has 0 radical (unpaired) electrons. The predicted molar refractivity (Wildman–Crippen MR) is 87.6 cm³/mol. The number of hydrogen-bond acceptors (Lipinski definition) is 2. The molecule has 1 heterocycles. The quantitative estimate of drug-likeness (QED) is 0.770. The Bertz CT molecular complexity index is 728. The number of rotatable bonds is 5. The molecule has 0 aliphatic heterocycles. The summed E-state index contributed by atoms with van der Waals surface area (Å²) >= 11 is 0. The normalized spacial score (nSPS) is 11.4. The van der Waals surface area contributed by atoms with E-state index in [0.29, 0.717) is 5.92 Å². The SMILES string of the molecule is CC(C)CNCc1ccccc1-n1cnc2ccccc21. The van der Waals surface area contributed by atoms with Crippen LogP contribution in [0, 0.1) is 5.92 Å². The van der Waals surface area contributed by atoms with E-state index in [1.165, 1.54) is 11.3 Å². The molecule has 3 aromatic rings. The fourth-order valence-corrected chi connectivity index (χ4v) is 2.54. The average Bonchev–Trinajstić information content (AvgIpc) is 2.91. The van der Waals surface area contributed by atoms with E-state index in [1.54, 1.807) is 0 Å². The first-order chi connectivity index (χ1) is 10.3. The van der Waals surface area contributed by atoms with Gasteiger partial charge in [-0.15, -0.1) is 0 Å². The maximum Gasteiger partial charge on any atom is 0.100 e. The van der Waals surface area contributed by atoms with E-state index in [-0.39, 0.29) is 0 Å². The smallest absolute Gasteiger partial charge is 0.100 e. The van der Waals surface area contributed by atoms with E-state index < -0.39 is 0 Å². The Kier molecular flexibility index (Phi) is 4.02. The Hall–Kier alpha value is -2.13. The number of hydrogen-bond donors (Lipinski definition) is 1. The van der Waals surface area contributed by atoms with Crippen LogP contribution < -0.4 is 5.32 Å². The Morgan fingerprint density at radius 1 is 1.05 bits per heavy atom. The molecule has 0 amide bonds. The molecule has 0 unspecified atom stereocenters. The average molecular weight is 279 g/mol. The van der Waals surface area contributed by atoms with Gasteiger partial charge in [0.2, 0.25) is 0 Å². The molecule has 0 fully saturated rings. The van der Waals surface area contributed by atoms with Crippen LogP contribution in [0.15, 0.2) is 54.9 Å². The second kappa shape index (κ2) is 6.10. The third kappa shape index (κ3) is 2.98. The molecular formula is C18H21N3. The predicted octanol–water partition coefficient (Wildman–Crippen LogP) is 3.77. The number of nitrogens with zero attached hydrogens (tertiary/aromatic N) is 2. The number of fused-ring (bicyclic) bond motifs is 1. The monoisotopic (exact) mass is 279 g/mol. The van der Waals surface area contributed by atoms with E-state index in [1.807, 2.05) is 18.5 Å². The van der Waals surface area contributed by atoms with Gasteiger partial charge < -0.3 is 5.32 Å². The van der Waals surface area contributed by atoms with Crippen molar-refractivity contribution in [1.82, 2.24) is 14.9 Å². The third-order valence-corrected chi connectivity index (χ3v) is 3.57. The lowest BCUT2D eigenvalue weighted by Crippen LogP contribution is -2.19. The molecule has 0 aliphatic carbocycles. The lowest BCUT2D eigenvalue weighted by molar-refractivity contribution is 0.552. The maximum absolute atomic E-state index is 4.49. The molecule has 2 aromatic carbocycles. The fourth-order valence-electron chi connectivity index (χ4n) is 2.54. The third-order valence-electron chi connectivity index (χ3n) is 3.57. The van der Waals surface area contributed by atoms with Crippen molar-refractivity contribution >= 4 is 11.0 Å². The van der Waals surface area contributed by atoms with Gasteiger partial charge in [0.1, 0.15) is 6.33 Å². The van der Waals surface area contributed by atoms with Crippen molar-refractivity contribution in [3.63, 3.8) is 0 Å². The number of aromatic nitrogens is 2. The number of imidazole rings is 1. The molecule has 1 aromatic heterocycles. The van der Waals surface area contributed by atoms with E-state index in [9.17, 15) is 0 Å². The first-order valence-electron chi connectivity index (χ1n) is 7.47. The van der Waals surface area contributed by atoms with Crippen molar-refractivity contribution < 1.29 is 0 Å². The minimum absolute atomic E-state index is 0.659. The summed E-state index contributed by atoms with van der Waals surface area (Å²) in [7, 11) is 0. The molecule has 3 nitrogen and oxygen atoms in total. The summed E-state index contributed by atoms with van der Waals surface area (Å²) in [6, 6.07) is 16.7. The molecule has 108 valence electrons. The van der Waals surface area contributed by atoms with Crippen molar-refractivity contribution in [3.8, 4) is 5.69 Å². The molecule has 0 atom stereocenters. The maximum atomic E-state index is 4.49. The summed E-state index contributed by atoms with van der Waals surface area (Å²) in [4.78, 5) is 4.49. The highest BCUT2D eigenvalue weighted by molar-refractivity contribution is 5.77. The van der Waals surface area contributed by atoms with E-state index in [2.05, 4.69) is 65.1 Å². The van der Waals surface area contributed by atoms with Gasteiger partial charge in [-0.25, -0.2) is 4.98 Å². The highest BCUT2D eigenvalue weighted by Gasteiger charge is 2.08. The van der Waals surface area contributed by atoms with E-state index in [0.717, 1.165) is 24.1 Å². The molecule has 3 heteroatoms. The number of benzene rings is 2. The van der Waals surface area contributed by atoms with E-state index in [4.69, 9.17) is 0 Å². The largest absolute Gasteiger partial charge is 0.312 e. The van der Waals surface area contributed by atoms with Crippen LogP contribution in [0.4, 0.5) is 0 Å². The molecule has 1 N–H and O–H groups in total. The summed E-state index contributed by atoms with van der Waals surface area (Å²) < 4.78 is 2.17. The van der Waals surface area contributed by atoms with Gasteiger partial charge in [0.25, 0.3) is 0 Å². The molecule has 0 saturated heterocycles. The number of para-hydroxylation sites is 3. The van der Waals surface area contributed by atoms with Crippen molar-refractivity contribution in [2.45, 2.75) is 20.4 Å².